The minimum absolute atomic E-state index is 0.676. The summed E-state index contributed by atoms with van der Waals surface area (Å²) in [5.41, 5.74) is -32.2. The van der Waals surface area contributed by atoms with E-state index >= 15 is 0 Å². The number of hydrogen-bond donors (Lipinski definition) is 0. The van der Waals surface area contributed by atoms with E-state index in [0.717, 1.165) is 0 Å². The van der Waals surface area contributed by atoms with Gasteiger partial charge in [-0.1, -0.05) is 0 Å². The van der Waals surface area contributed by atoms with Crippen molar-refractivity contribution in [2.45, 2.75) is 37.1 Å². The molecule has 1 aromatic rings. The van der Waals surface area contributed by atoms with E-state index in [1.807, 2.05) is 0 Å². The van der Waals surface area contributed by atoms with Gasteiger partial charge >= 0.3 is 37.1 Å². The van der Waals surface area contributed by atoms with Crippen molar-refractivity contribution in [1.82, 2.24) is 0 Å². The molecular weight excluding hydrogens is 870 g/mol. The average Bonchev–Trinajstić information content (AvgIpc) is 3.69. The maximum atomic E-state index is 14.5. The van der Waals surface area contributed by atoms with Crippen molar-refractivity contribution in [1.29, 1.82) is 31.6 Å². The standard InChI is InChI=1S/C33F18N6O3/c34-28(35,36)22(25(58)31(43,44)45)13-7(1-52)16-17(8(13)2-53)19-11(5-56)15(24(30(40,41)42)27(60)33(49,50)51)12(6-57)21(19)20-10(4-55)14(9(3-54)18(16)20)23(29(37,38)39)26(59)32(46,47)48. The number of ketones is 3. The highest BCUT2D eigenvalue weighted by Gasteiger charge is 2.57. The van der Waals surface area contributed by atoms with E-state index in [1.165, 1.54) is 0 Å². The van der Waals surface area contributed by atoms with Gasteiger partial charge in [0.25, 0.3) is 17.3 Å². The van der Waals surface area contributed by atoms with E-state index in [1.54, 1.807) is 0 Å². The molecule has 0 aromatic heterocycles. The number of fused-ring (bicyclic) bond motifs is 6. The molecular formula is C33F18N6O3. The molecule has 0 atom stereocenters. The molecule has 0 fully saturated rings. The van der Waals surface area contributed by atoms with Crippen molar-refractivity contribution in [3.63, 3.8) is 0 Å². The third kappa shape index (κ3) is 6.60. The van der Waals surface area contributed by atoms with E-state index in [0.29, 0.717) is 36.4 Å². The first kappa shape index (κ1) is 45.1. The van der Waals surface area contributed by atoms with Crippen molar-refractivity contribution in [3.8, 4) is 36.4 Å². The topological polar surface area (TPSA) is 194 Å². The lowest BCUT2D eigenvalue weighted by molar-refractivity contribution is -0.175. The highest BCUT2D eigenvalue weighted by molar-refractivity contribution is 6.16. The Labute approximate surface area is 314 Å². The van der Waals surface area contributed by atoms with Gasteiger partial charge in [0, 0.05) is 48.0 Å². The first-order valence-corrected chi connectivity index (χ1v) is 14.4. The van der Waals surface area contributed by atoms with Crippen LogP contribution in [0.5, 0.6) is 0 Å². The van der Waals surface area contributed by atoms with Crippen LogP contribution in [0.15, 0.2) is 33.4 Å². The van der Waals surface area contributed by atoms with Crippen molar-refractivity contribution < 1.29 is 93.4 Å². The fraction of sp³-hybridized carbons (Fsp3) is 0.182. The average molecular weight is 870 g/mol. The number of Topliss-reactive ketones (excluding diaryl/α,β-unsaturated/α-hetero) is 3. The van der Waals surface area contributed by atoms with E-state index in [2.05, 4.69) is 0 Å². The lowest BCUT2D eigenvalue weighted by atomic mass is 9.93. The van der Waals surface area contributed by atoms with E-state index < -0.39 is 153 Å². The molecule has 306 valence electrons. The molecule has 3 aliphatic rings. The minimum atomic E-state index is -6.72. The molecule has 0 spiro atoms. The van der Waals surface area contributed by atoms with Gasteiger partial charge in [-0.25, -0.2) is 0 Å². The number of allylic oxidation sites excluding steroid dienone is 6. The van der Waals surface area contributed by atoms with Crippen LogP contribution in [0.25, 0.3) is 33.4 Å². The van der Waals surface area contributed by atoms with E-state index in [-0.39, 0.29) is 0 Å². The number of nitriles is 6. The van der Waals surface area contributed by atoms with Crippen molar-refractivity contribution in [2.24, 2.45) is 0 Å². The summed E-state index contributed by atoms with van der Waals surface area (Å²) in [5.74, 6) is -12.0. The summed E-state index contributed by atoms with van der Waals surface area (Å²) in [5, 5.41) is 48.6. The van der Waals surface area contributed by atoms with E-state index in [9.17, 15) is 125 Å². The Morgan fingerprint density at radius 1 is 0.283 bits per heavy atom. The van der Waals surface area contributed by atoms with Crippen LogP contribution in [0, 0.1) is 68.0 Å². The van der Waals surface area contributed by atoms with Gasteiger partial charge in [0.05, 0.1) is 33.4 Å². The van der Waals surface area contributed by atoms with Crippen LogP contribution in [0.2, 0.25) is 0 Å². The predicted octanol–water partition coefficient (Wildman–Crippen LogP) is 2.74. The highest BCUT2D eigenvalue weighted by atomic mass is 19.4. The monoisotopic (exact) mass is 870 g/mol. The number of rotatable bonds is 3. The summed E-state index contributed by atoms with van der Waals surface area (Å²) >= 11 is 0. The molecule has 0 heterocycles. The number of carbonyl (C=O) groups excluding carboxylic acids is 3. The molecule has 0 unspecified atom stereocenters. The lowest BCUT2D eigenvalue weighted by Crippen LogP contribution is -2.65. The Morgan fingerprint density at radius 3 is 0.500 bits per heavy atom. The molecule has 4 rings (SSSR count). The number of carbonyl (C=O) groups is 3. The largest absolute Gasteiger partial charge is 0.454 e. The summed E-state index contributed by atoms with van der Waals surface area (Å²) in [6.07, 6.45) is -40.2. The van der Waals surface area contributed by atoms with Crippen LogP contribution in [0.3, 0.4) is 0 Å². The molecule has 1 aromatic carbocycles. The zero-order valence-electron chi connectivity index (χ0n) is 27.2. The van der Waals surface area contributed by atoms with Crippen LogP contribution < -0.4 is 31.3 Å². The second-order valence-corrected chi connectivity index (χ2v) is 11.4. The smallest absolute Gasteiger partial charge is 0.284 e. The first-order chi connectivity index (χ1) is 27.2. The van der Waals surface area contributed by atoms with Gasteiger partial charge in [0.15, 0.2) is 0 Å². The molecule has 60 heavy (non-hydrogen) atoms. The zero-order chi connectivity index (χ0) is 46.4. The zero-order valence-corrected chi connectivity index (χ0v) is 27.2. The minimum Gasteiger partial charge on any atom is -0.284 e. The number of nitrogens with zero attached hydrogens (tertiary/aromatic N) is 6. The van der Waals surface area contributed by atoms with Crippen LogP contribution in [-0.2, 0) is 14.4 Å². The Balaban J connectivity index is 2.94. The van der Waals surface area contributed by atoms with Crippen LogP contribution in [0.4, 0.5) is 79.0 Å². The summed E-state index contributed by atoms with van der Waals surface area (Å²) in [7, 11) is 0. The molecule has 0 saturated carbocycles. The van der Waals surface area contributed by atoms with Gasteiger partial charge < -0.3 is 0 Å². The van der Waals surface area contributed by atoms with Gasteiger partial charge in [0.1, 0.15) is 53.1 Å². The summed E-state index contributed by atoms with van der Waals surface area (Å²) in [6, 6.07) is 4.05. The molecule has 0 radical (unpaired) electrons. The normalized spacial score (nSPS) is 15.3. The SMILES string of the molecule is N#CC1=c2c3c(c4c(c2=C(C#N)C1=C(C(=O)C(F)(F)F)C(F)(F)F)=C(C#N)C(=C(C(=O)C(F)(F)F)C(F)(F)F)C=4C#N)=C(C#N)C(=C(C(=O)C(F)(F)F)C(F)(F)F)C=3C#N. The number of alkyl halides is 18. The summed E-state index contributed by atoms with van der Waals surface area (Å²) in [4.78, 5) is 36.9. The fourth-order valence-electron chi connectivity index (χ4n) is 6.37. The molecule has 0 bridgehead atoms. The Kier molecular flexibility index (Phi) is 10.3. The quantitative estimate of drug-likeness (QED) is 0.325. The maximum Gasteiger partial charge on any atom is 0.454 e. The van der Waals surface area contributed by atoms with Gasteiger partial charge in [0.2, 0.25) is 0 Å². The van der Waals surface area contributed by atoms with Gasteiger partial charge in [-0.3, -0.25) is 14.4 Å². The number of benzene rings is 1. The third-order valence-corrected chi connectivity index (χ3v) is 8.22. The van der Waals surface area contributed by atoms with Crippen LogP contribution in [0.1, 0.15) is 0 Å². The fourth-order valence-corrected chi connectivity index (χ4v) is 6.37. The Bertz CT molecular complexity index is 2600. The van der Waals surface area contributed by atoms with Crippen molar-refractivity contribution in [2.75, 3.05) is 0 Å². The molecule has 3 aliphatic carbocycles. The van der Waals surface area contributed by atoms with Gasteiger partial charge in [-0.2, -0.15) is 111 Å². The lowest BCUT2D eigenvalue weighted by Gasteiger charge is -2.16. The summed E-state index contributed by atoms with van der Waals surface area (Å²) in [6.45, 7) is 0. The van der Waals surface area contributed by atoms with Crippen LogP contribution in [-0.4, -0.2) is 54.4 Å². The Morgan fingerprint density at radius 2 is 0.417 bits per heavy atom. The third-order valence-electron chi connectivity index (χ3n) is 8.22. The van der Waals surface area contributed by atoms with Crippen molar-refractivity contribution >= 4 is 50.8 Å². The van der Waals surface area contributed by atoms with Gasteiger partial charge in [-0.05, 0) is 0 Å². The van der Waals surface area contributed by atoms with Gasteiger partial charge in [-0.15, -0.1) is 0 Å². The second kappa shape index (κ2) is 13.7. The predicted molar refractivity (Wildman–Crippen MR) is 151 cm³/mol. The number of hydrogen-bond acceptors (Lipinski definition) is 9. The molecule has 0 N–H and O–H groups in total. The molecule has 0 aliphatic heterocycles. The Hall–Kier alpha value is -7.65. The number of halogens is 18. The highest BCUT2D eigenvalue weighted by Crippen LogP contribution is 2.43. The molecule has 0 amide bonds. The maximum absolute atomic E-state index is 14.5. The second-order valence-electron chi connectivity index (χ2n) is 11.4. The molecule has 9 nitrogen and oxygen atoms in total. The molecule has 27 heteroatoms. The van der Waals surface area contributed by atoms with Crippen molar-refractivity contribution in [3.05, 3.63) is 64.8 Å². The summed E-state index contributed by atoms with van der Waals surface area (Å²) < 4.78 is 253. The molecule has 0 saturated heterocycles. The van der Waals surface area contributed by atoms with E-state index in [4.69, 9.17) is 0 Å². The first-order valence-electron chi connectivity index (χ1n) is 14.4. The van der Waals surface area contributed by atoms with Crippen LogP contribution >= 0.6 is 0 Å².